The molecule has 1 unspecified atom stereocenters. The molecule has 1 aliphatic heterocycles. The van der Waals surface area contributed by atoms with Crippen molar-refractivity contribution in [2.45, 2.75) is 25.6 Å². The first-order valence-electron chi connectivity index (χ1n) is 7.11. The maximum absolute atomic E-state index is 12.5. The van der Waals surface area contributed by atoms with Crippen molar-refractivity contribution in [2.24, 2.45) is 0 Å². The molecule has 0 aromatic carbocycles. The third kappa shape index (κ3) is 2.80. The zero-order valence-corrected chi connectivity index (χ0v) is 12.2. The van der Waals surface area contributed by atoms with Crippen LogP contribution in [0.25, 0.3) is 11.0 Å². The Bertz CT molecular complexity index is 712. The quantitative estimate of drug-likeness (QED) is 0.874. The summed E-state index contributed by atoms with van der Waals surface area (Å²) in [5, 5.41) is 9.99. The van der Waals surface area contributed by atoms with E-state index in [-0.39, 0.29) is 25.0 Å². The lowest BCUT2D eigenvalue weighted by atomic mass is 10.1. The molecule has 0 spiro atoms. The summed E-state index contributed by atoms with van der Waals surface area (Å²) >= 11 is 0. The summed E-state index contributed by atoms with van der Waals surface area (Å²) < 4.78 is 5.32. The Morgan fingerprint density at radius 1 is 1.50 bits per heavy atom. The lowest BCUT2D eigenvalue weighted by Gasteiger charge is -2.35. The number of hydrogen-bond donors (Lipinski definition) is 2. The van der Waals surface area contributed by atoms with Crippen LogP contribution >= 0.6 is 0 Å². The standard InChI is InChI=1S/C15H17N3O4/c1-9-7-18(8-12(22-9)15(20)21)13(19)5-10-6-17-14-11(10)3-2-4-16-14/h2-4,6,9,12H,5,7-8H2,1H3,(H,16,17)(H,20,21)/t9-,12?/m1/s1. The SMILES string of the molecule is C[C@@H]1CN(C(=O)Cc2c[nH]c3ncccc23)CC(C(=O)O)O1. The molecule has 0 saturated carbocycles. The Labute approximate surface area is 126 Å². The second-order valence-corrected chi connectivity index (χ2v) is 5.46. The van der Waals surface area contributed by atoms with E-state index in [2.05, 4.69) is 9.97 Å². The van der Waals surface area contributed by atoms with Gasteiger partial charge in [-0.25, -0.2) is 9.78 Å². The van der Waals surface area contributed by atoms with Crippen molar-refractivity contribution >= 4 is 22.9 Å². The van der Waals surface area contributed by atoms with Gasteiger partial charge in [0, 0.05) is 24.3 Å². The minimum Gasteiger partial charge on any atom is -0.479 e. The molecule has 7 nitrogen and oxygen atoms in total. The van der Waals surface area contributed by atoms with Crippen LogP contribution < -0.4 is 0 Å². The Hall–Kier alpha value is -2.41. The van der Waals surface area contributed by atoms with Gasteiger partial charge in [-0.3, -0.25) is 4.79 Å². The molecule has 2 aromatic heterocycles. The predicted molar refractivity (Wildman–Crippen MR) is 78.3 cm³/mol. The number of aromatic amines is 1. The molecule has 1 aliphatic rings. The van der Waals surface area contributed by atoms with Crippen LogP contribution in [0.1, 0.15) is 12.5 Å². The highest BCUT2D eigenvalue weighted by molar-refractivity contribution is 5.87. The lowest BCUT2D eigenvalue weighted by Crippen LogP contribution is -2.52. The van der Waals surface area contributed by atoms with E-state index in [0.717, 1.165) is 16.6 Å². The number of carbonyl (C=O) groups is 2. The van der Waals surface area contributed by atoms with Crippen molar-refractivity contribution < 1.29 is 19.4 Å². The second kappa shape index (κ2) is 5.76. The number of nitrogens with one attached hydrogen (secondary N) is 1. The minimum atomic E-state index is -1.04. The zero-order chi connectivity index (χ0) is 15.7. The molecule has 0 radical (unpaired) electrons. The van der Waals surface area contributed by atoms with Crippen molar-refractivity contribution in [1.82, 2.24) is 14.9 Å². The summed E-state index contributed by atoms with van der Waals surface area (Å²) in [6, 6.07) is 3.73. The molecule has 7 heteroatoms. The number of carbonyl (C=O) groups excluding carboxylic acids is 1. The number of pyridine rings is 1. The molecule has 3 heterocycles. The van der Waals surface area contributed by atoms with E-state index in [1.165, 1.54) is 0 Å². The molecular weight excluding hydrogens is 286 g/mol. The number of amides is 1. The average Bonchev–Trinajstić information content (AvgIpc) is 2.90. The molecule has 1 saturated heterocycles. The van der Waals surface area contributed by atoms with Crippen molar-refractivity contribution in [3.05, 3.63) is 30.1 Å². The number of ether oxygens (including phenoxy) is 1. The Morgan fingerprint density at radius 3 is 3.09 bits per heavy atom. The number of H-pyrrole nitrogens is 1. The topological polar surface area (TPSA) is 95.5 Å². The smallest absolute Gasteiger partial charge is 0.334 e. The number of carboxylic acid groups (broad SMARTS) is 1. The van der Waals surface area contributed by atoms with Crippen molar-refractivity contribution in [1.29, 1.82) is 0 Å². The maximum Gasteiger partial charge on any atom is 0.334 e. The molecule has 2 aromatic rings. The molecule has 3 rings (SSSR count). The van der Waals surface area contributed by atoms with Gasteiger partial charge < -0.3 is 19.7 Å². The van der Waals surface area contributed by atoms with E-state index in [1.54, 1.807) is 24.2 Å². The number of hydrogen-bond acceptors (Lipinski definition) is 4. The van der Waals surface area contributed by atoms with Crippen LogP contribution in [0.15, 0.2) is 24.5 Å². The van der Waals surface area contributed by atoms with Gasteiger partial charge in [0.2, 0.25) is 5.91 Å². The molecule has 2 atom stereocenters. The number of rotatable bonds is 3. The Kier molecular flexibility index (Phi) is 3.81. The fourth-order valence-corrected chi connectivity index (χ4v) is 2.73. The number of aromatic nitrogens is 2. The number of carboxylic acids is 1. The highest BCUT2D eigenvalue weighted by atomic mass is 16.5. The molecule has 1 amide bonds. The van der Waals surface area contributed by atoms with Gasteiger partial charge >= 0.3 is 5.97 Å². The molecule has 2 N–H and O–H groups in total. The molecule has 1 fully saturated rings. The fourth-order valence-electron chi connectivity index (χ4n) is 2.73. The second-order valence-electron chi connectivity index (χ2n) is 5.46. The third-order valence-electron chi connectivity index (χ3n) is 3.77. The highest BCUT2D eigenvalue weighted by Crippen LogP contribution is 2.18. The number of aliphatic carboxylic acids is 1. The Morgan fingerprint density at radius 2 is 2.32 bits per heavy atom. The van der Waals surface area contributed by atoms with Crippen molar-refractivity contribution in [3.8, 4) is 0 Å². The van der Waals surface area contributed by atoms with Gasteiger partial charge in [-0.1, -0.05) is 0 Å². The fraction of sp³-hybridized carbons (Fsp3) is 0.400. The van der Waals surface area contributed by atoms with Crippen LogP contribution in [0.3, 0.4) is 0 Å². The summed E-state index contributed by atoms with van der Waals surface area (Å²) in [6.45, 7) is 2.26. The van der Waals surface area contributed by atoms with Crippen LogP contribution in [0.5, 0.6) is 0 Å². The van der Waals surface area contributed by atoms with E-state index < -0.39 is 12.1 Å². The van der Waals surface area contributed by atoms with Gasteiger partial charge in [-0.15, -0.1) is 0 Å². The predicted octanol–water partition coefficient (Wildman–Crippen LogP) is 0.806. The first kappa shape index (κ1) is 14.5. The molecule has 116 valence electrons. The van der Waals surface area contributed by atoms with E-state index >= 15 is 0 Å². The van der Waals surface area contributed by atoms with Crippen molar-refractivity contribution in [3.63, 3.8) is 0 Å². The van der Waals surface area contributed by atoms with Gasteiger partial charge in [0.1, 0.15) is 5.65 Å². The van der Waals surface area contributed by atoms with E-state index in [1.807, 2.05) is 12.1 Å². The highest BCUT2D eigenvalue weighted by Gasteiger charge is 2.32. The summed E-state index contributed by atoms with van der Waals surface area (Å²) in [5.41, 5.74) is 1.60. The summed E-state index contributed by atoms with van der Waals surface area (Å²) in [6.07, 6.45) is 2.42. The zero-order valence-electron chi connectivity index (χ0n) is 12.2. The van der Waals surface area contributed by atoms with Crippen LogP contribution in [-0.2, 0) is 20.7 Å². The van der Waals surface area contributed by atoms with Crippen LogP contribution in [0.4, 0.5) is 0 Å². The number of morpholine rings is 1. The van der Waals surface area contributed by atoms with Gasteiger partial charge in [-0.2, -0.15) is 0 Å². The van der Waals surface area contributed by atoms with Gasteiger partial charge in [-0.05, 0) is 24.6 Å². The van der Waals surface area contributed by atoms with Gasteiger partial charge in [0.15, 0.2) is 6.10 Å². The first-order valence-corrected chi connectivity index (χ1v) is 7.11. The van der Waals surface area contributed by atoms with E-state index in [0.29, 0.717) is 6.54 Å². The number of nitrogens with zero attached hydrogens (tertiary/aromatic N) is 2. The van der Waals surface area contributed by atoms with Gasteiger partial charge in [0.05, 0.1) is 19.1 Å². The largest absolute Gasteiger partial charge is 0.479 e. The molecule has 0 bridgehead atoms. The molecule has 22 heavy (non-hydrogen) atoms. The van der Waals surface area contributed by atoms with Crippen molar-refractivity contribution in [2.75, 3.05) is 13.1 Å². The van der Waals surface area contributed by atoms with Crippen LogP contribution in [0, 0.1) is 0 Å². The van der Waals surface area contributed by atoms with E-state index in [9.17, 15) is 9.59 Å². The minimum absolute atomic E-state index is 0.0825. The average molecular weight is 303 g/mol. The third-order valence-corrected chi connectivity index (χ3v) is 3.77. The van der Waals surface area contributed by atoms with Crippen LogP contribution in [-0.4, -0.2) is 57.1 Å². The summed E-state index contributed by atoms with van der Waals surface area (Å²) in [7, 11) is 0. The van der Waals surface area contributed by atoms with Gasteiger partial charge in [0.25, 0.3) is 0 Å². The monoisotopic (exact) mass is 303 g/mol. The van der Waals surface area contributed by atoms with E-state index in [4.69, 9.17) is 9.84 Å². The summed E-state index contributed by atoms with van der Waals surface area (Å²) in [5.74, 6) is -1.15. The molecule has 0 aliphatic carbocycles. The van der Waals surface area contributed by atoms with Crippen LogP contribution in [0.2, 0.25) is 0 Å². The maximum atomic E-state index is 12.5. The Balaban J connectivity index is 1.75. The first-order chi connectivity index (χ1) is 10.5. The summed E-state index contributed by atoms with van der Waals surface area (Å²) in [4.78, 5) is 32.3. The molecular formula is C15H17N3O4. The normalized spacial score (nSPS) is 22.0. The number of fused-ring (bicyclic) bond motifs is 1. The lowest BCUT2D eigenvalue weighted by molar-refractivity contribution is -0.166.